The number of carbonyl (C=O) groups excluding carboxylic acids is 1. The number of hydrogen-bond acceptors (Lipinski definition) is 1. The van der Waals surface area contributed by atoms with Crippen LogP contribution in [0.25, 0.3) is 22.0 Å². The number of nitrogens with one attached hydrogen (secondary N) is 1. The number of H-pyrrole nitrogens is 1. The summed E-state index contributed by atoms with van der Waals surface area (Å²) >= 11 is 3.73. The number of unbranched alkanes of at least 4 members (excludes halogenated alkanes) is 1. The van der Waals surface area contributed by atoms with E-state index >= 15 is 0 Å². The van der Waals surface area contributed by atoms with Gasteiger partial charge in [-0.2, -0.15) is 0 Å². The van der Waals surface area contributed by atoms with E-state index in [-0.39, 0.29) is 5.78 Å². The molecule has 0 aliphatic heterocycles. The molecule has 4 heteroatoms. The van der Waals surface area contributed by atoms with E-state index in [4.69, 9.17) is 0 Å². The molecule has 5 aromatic rings. The maximum absolute atomic E-state index is 13.9. The molecule has 5 rings (SSSR count). The summed E-state index contributed by atoms with van der Waals surface area (Å²) in [5, 5.41) is 1.27. The number of hydrogen-bond donors (Lipinski definition) is 1. The molecule has 0 fully saturated rings. The number of aromatic amines is 1. The van der Waals surface area contributed by atoms with Crippen molar-refractivity contribution in [1.82, 2.24) is 9.55 Å². The number of para-hydroxylation sites is 1. The van der Waals surface area contributed by atoms with Gasteiger partial charge in [0.15, 0.2) is 5.78 Å². The van der Waals surface area contributed by atoms with Crippen molar-refractivity contribution in [2.75, 3.05) is 0 Å². The van der Waals surface area contributed by atoms with Crippen molar-refractivity contribution in [2.45, 2.75) is 39.2 Å². The predicted octanol–water partition coefficient (Wildman–Crippen LogP) is 8.22. The molecule has 0 aliphatic carbocycles. The molecular formula is C31H29BrN2O. The highest BCUT2D eigenvalue weighted by atomic mass is 79.9. The van der Waals surface area contributed by atoms with Crippen LogP contribution in [0.4, 0.5) is 0 Å². The Balaban J connectivity index is 1.61. The highest BCUT2D eigenvalue weighted by molar-refractivity contribution is 9.10. The van der Waals surface area contributed by atoms with Gasteiger partial charge in [-0.05, 0) is 42.5 Å². The van der Waals surface area contributed by atoms with E-state index in [0.717, 1.165) is 70.2 Å². The van der Waals surface area contributed by atoms with Crippen LogP contribution in [0.15, 0.2) is 95.7 Å². The minimum Gasteiger partial charge on any atom is -0.361 e. The van der Waals surface area contributed by atoms with Crippen LogP contribution in [-0.2, 0) is 19.4 Å². The van der Waals surface area contributed by atoms with Crippen LogP contribution >= 0.6 is 15.9 Å². The third kappa shape index (κ3) is 4.76. The average Bonchev–Trinajstić information content (AvgIpc) is 3.47. The quantitative estimate of drug-likeness (QED) is 0.194. The molecule has 0 amide bonds. The van der Waals surface area contributed by atoms with E-state index in [9.17, 15) is 4.79 Å². The van der Waals surface area contributed by atoms with Crippen molar-refractivity contribution in [2.24, 2.45) is 0 Å². The summed E-state index contributed by atoms with van der Waals surface area (Å²) in [6, 6.07) is 26.3. The Bertz CT molecular complexity index is 1460. The first-order valence-electron chi connectivity index (χ1n) is 12.3. The van der Waals surface area contributed by atoms with Crippen LogP contribution < -0.4 is 0 Å². The molecule has 0 saturated carbocycles. The van der Waals surface area contributed by atoms with E-state index in [1.165, 1.54) is 10.9 Å². The Hall–Kier alpha value is -3.37. The number of carbonyl (C=O) groups is 1. The molecule has 2 heterocycles. The lowest BCUT2D eigenvalue weighted by Crippen LogP contribution is -2.10. The van der Waals surface area contributed by atoms with Crippen LogP contribution in [0.5, 0.6) is 0 Å². The number of halogens is 1. The maximum Gasteiger partial charge on any atom is 0.195 e. The first kappa shape index (κ1) is 23.4. The van der Waals surface area contributed by atoms with Crippen LogP contribution in [0, 0.1) is 0 Å². The number of nitrogens with zero attached hydrogens (tertiary/aromatic N) is 1. The van der Waals surface area contributed by atoms with Crippen molar-refractivity contribution in [3.8, 4) is 11.1 Å². The Kier molecular flexibility index (Phi) is 7.01. The van der Waals surface area contributed by atoms with Gasteiger partial charge >= 0.3 is 0 Å². The highest BCUT2D eigenvalue weighted by Crippen LogP contribution is 2.36. The van der Waals surface area contributed by atoms with Gasteiger partial charge < -0.3 is 9.55 Å². The van der Waals surface area contributed by atoms with Gasteiger partial charge in [0.25, 0.3) is 0 Å². The number of aromatic nitrogens is 2. The summed E-state index contributed by atoms with van der Waals surface area (Å²) in [6.07, 6.45) is 8.20. The van der Waals surface area contributed by atoms with Crippen molar-refractivity contribution < 1.29 is 4.79 Å². The van der Waals surface area contributed by atoms with Crippen molar-refractivity contribution in [3.63, 3.8) is 0 Å². The second-order valence-electron chi connectivity index (χ2n) is 8.95. The molecular weight excluding hydrogens is 496 g/mol. The second kappa shape index (κ2) is 10.5. The summed E-state index contributed by atoms with van der Waals surface area (Å²) < 4.78 is 3.32. The average molecular weight is 525 g/mol. The Morgan fingerprint density at radius 3 is 2.43 bits per heavy atom. The molecule has 0 bridgehead atoms. The lowest BCUT2D eigenvalue weighted by Gasteiger charge is -2.12. The summed E-state index contributed by atoms with van der Waals surface area (Å²) in [5.74, 6) is 0.0910. The fourth-order valence-corrected chi connectivity index (χ4v) is 5.36. The summed E-state index contributed by atoms with van der Waals surface area (Å²) in [5.41, 5.74) is 7.20. The molecule has 0 radical (unpaired) electrons. The van der Waals surface area contributed by atoms with Gasteiger partial charge in [0.1, 0.15) is 0 Å². The van der Waals surface area contributed by atoms with E-state index < -0.39 is 0 Å². The van der Waals surface area contributed by atoms with Gasteiger partial charge in [-0.3, -0.25) is 4.79 Å². The molecule has 35 heavy (non-hydrogen) atoms. The lowest BCUT2D eigenvalue weighted by atomic mass is 9.94. The molecule has 0 spiro atoms. The maximum atomic E-state index is 13.9. The van der Waals surface area contributed by atoms with Gasteiger partial charge in [0.05, 0.1) is 5.56 Å². The largest absolute Gasteiger partial charge is 0.361 e. The lowest BCUT2D eigenvalue weighted by molar-refractivity contribution is 0.103. The number of aryl methyl sites for hydroxylation is 2. The third-order valence-electron chi connectivity index (χ3n) is 6.68. The molecule has 2 aromatic heterocycles. The third-order valence-corrected chi connectivity index (χ3v) is 7.37. The molecule has 3 aromatic carbocycles. The van der Waals surface area contributed by atoms with Crippen LogP contribution in [0.3, 0.4) is 0 Å². The van der Waals surface area contributed by atoms with Crippen molar-refractivity contribution >= 4 is 32.6 Å². The minimum atomic E-state index is 0.0910. The van der Waals surface area contributed by atoms with Crippen molar-refractivity contribution in [1.29, 1.82) is 0 Å². The highest BCUT2D eigenvalue weighted by Gasteiger charge is 2.24. The SMILES string of the molecule is CCCCc1c(C(=O)c2ccccc2)c(-c2ccccc2Br)cn1CCc1c[nH]c2ccccc12. The van der Waals surface area contributed by atoms with Gasteiger partial charge in [0.2, 0.25) is 0 Å². The Morgan fingerprint density at radius 1 is 0.886 bits per heavy atom. The monoisotopic (exact) mass is 524 g/mol. The van der Waals surface area contributed by atoms with Gasteiger partial charge in [-0.1, -0.05) is 96.0 Å². The van der Waals surface area contributed by atoms with E-state index in [1.54, 1.807) is 0 Å². The zero-order valence-electron chi connectivity index (χ0n) is 19.9. The number of rotatable bonds is 9. The molecule has 1 N–H and O–H groups in total. The fourth-order valence-electron chi connectivity index (χ4n) is 4.86. The van der Waals surface area contributed by atoms with Gasteiger partial charge in [0, 0.05) is 51.1 Å². The van der Waals surface area contributed by atoms with Crippen molar-refractivity contribution in [3.05, 3.63) is 118 Å². The Morgan fingerprint density at radius 2 is 1.63 bits per heavy atom. The molecule has 0 saturated heterocycles. The standard InChI is InChI=1S/C31H29BrN2O/c1-2-3-17-29-30(31(35)22-11-5-4-6-12-22)26(25-14-7-9-15-27(25)32)21-34(29)19-18-23-20-33-28-16-10-8-13-24(23)28/h4-16,20-21,33H,2-3,17-19H2,1H3. The van der Waals surface area contributed by atoms with Gasteiger partial charge in [-0.15, -0.1) is 0 Å². The smallest absolute Gasteiger partial charge is 0.195 e. The Labute approximate surface area is 214 Å². The molecule has 0 unspecified atom stereocenters. The summed E-state index contributed by atoms with van der Waals surface area (Å²) in [6.45, 7) is 3.02. The number of benzene rings is 3. The van der Waals surface area contributed by atoms with Gasteiger partial charge in [-0.25, -0.2) is 0 Å². The number of fused-ring (bicyclic) bond motifs is 1. The minimum absolute atomic E-state index is 0.0910. The predicted molar refractivity (Wildman–Crippen MR) is 148 cm³/mol. The normalized spacial score (nSPS) is 11.3. The van der Waals surface area contributed by atoms with Crippen LogP contribution in [0.1, 0.15) is 46.9 Å². The second-order valence-corrected chi connectivity index (χ2v) is 9.80. The first-order chi connectivity index (χ1) is 17.2. The first-order valence-corrected chi connectivity index (χ1v) is 13.1. The number of ketones is 1. The van der Waals surface area contributed by atoms with E-state index in [1.807, 2.05) is 48.5 Å². The van der Waals surface area contributed by atoms with E-state index in [0.29, 0.717) is 0 Å². The van der Waals surface area contributed by atoms with E-state index in [2.05, 4.69) is 75.1 Å². The fraction of sp³-hybridized carbons (Fsp3) is 0.194. The molecule has 3 nitrogen and oxygen atoms in total. The van der Waals surface area contributed by atoms with Crippen LogP contribution in [0.2, 0.25) is 0 Å². The topological polar surface area (TPSA) is 37.8 Å². The van der Waals surface area contributed by atoms with Crippen LogP contribution in [-0.4, -0.2) is 15.3 Å². The summed E-state index contributed by atoms with van der Waals surface area (Å²) in [7, 11) is 0. The molecule has 176 valence electrons. The summed E-state index contributed by atoms with van der Waals surface area (Å²) in [4.78, 5) is 17.3. The zero-order valence-corrected chi connectivity index (χ0v) is 21.5. The zero-order chi connectivity index (χ0) is 24.2. The molecule has 0 atom stereocenters. The molecule has 0 aliphatic rings.